The summed E-state index contributed by atoms with van der Waals surface area (Å²) in [6.45, 7) is 6.98. The van der Waals surface area contributed by atoms with Gasteiger partial charge in [0.15, 0.2) is 19.1 Å². The molecule has 2 unspecified atom stereocenters. The number of ether oxygens (including phenoxy) is 1. The van der Waals surface area contributed by atoms with E-state index in [1.54, 1.807) is 6.07 Å². The van der Waals surface area contributed by atoms with E-state index < -0.39 is 0 Å². The van der Waals surface area contributed by atoms with Gasteiger partial charge in [-0.1, -0.05) is 26.8 Å². The minimum Gasteiger partial charge on any atom is -0.507 e. The molecule has 0 spiro atoms. The maximum atomic E-state index is 11.6. The highest BCUT2D eigenvalue weighted by atomic mass is 16.5. The summed E-state index contributed by atoms with van der Waals surface area (Å²) in [4.78, 5) is 22.9. The molecule has 29 heavy (non-hydrogen) atoms. The molecule has 0 radical (unpaired) electrons. The van der Waals surface area contributed by atoms with Gasteiger partial charge in [0.05, 0.1) is 16.9 Å². The average Bonchev–Trinajstić information content (AvgIpc) is 3.30. The second-order valence-electron chi connectivity index (χ2n) is 8.18. The standard InChI is InChI=1S/C23H24N2O4/c1-13(2)16-6-17-10-25(24-22(17)18(7-16)11-26)9-14(3)21-8-15-4-5-20(28)19(12-27)23(15)29-21/h4-7,10-14,21H,8-9H2,1-3H3,(H,27,28)/p+1. The zero-order chi connectivity index (χ0) is 20.7. The van der Waals surface area contributed by atoms with Crippen LogP contribution < -0.4 is 9.42 Å². The Hall–Kier alpha value is -3.15. The number of H-pyrrole nitrogens is 1. The van der Waals surface area contributed by atoms with E-state index in [0.29, 0.717) is 36.5 Å². The number of rotatable bonds is 6. The first kappa shape index (κ1) is 19.2. The lowest BCUT2D eigenvalue weighted by molar-refractivity contribution is -0.754. The minimum absolute atomic E-state index is 0.0561. The van der Waals surface area contributed by atoms with Crippen molar-refractivity contribution in [2.24, 2.45) is 5.92 Å². The number of hydrogen-bond acceptors (Lipinski definition) is 4. The topological polar surface area (TPSA) is 83.3 Å². The van der Waals surface area contributed by atoms with Gasteiger partial charge >= 0.3 is 0 Å². The zero-order valence-corrected chi connectivity index (χ0v) is 16.8. The second-order valence-corrected chi connectivity index (χ2v) is 8.18. The van der Waals surface area contributed by atoms with E-state index in [1.165, 1.54) is 0 Å². The number of aldehydes is 2. The van der Waals surface area contributed by atoms with Crippen LogP contribution in [0.3, 0.4) is 0 Å². The van der Waals surface area contributed by atoms with E-state index in [0.717, 1.165) is 28.3 Å². The minimum atomic E-state index is -0.0961. The van der Waals surface area contributed by atoms with Crippen LogP contribution in [-0.4, -0.2) is 28.9 Å². The first-order valence-electron chi connectivity index (χ1n) is 9.89. The molecule has 150 valence electrons. The Kier molecular flexibility index (Phi) is 4.86. The maximum Gasteiger partial charge on any atom is 0.203 e. The summed E-state index contributed by atoms with van der Waals surface area (Å²) in [6.07, 6.45) is 4.15. The lowest BCUT2D eigenvalue weighted by atomic mass is 9.98. The monoisotopic (exact) mass is 393 g/mol. The molecule has 0 amide bonds. The van der Waals surface area contributed by atoms with Crippen molar-refractivity contribution in [3.05, 3.63) is 52.7 Å². The molecule has 0 fully saturated rings. The van der Waals surface area contributed by atoms with E-state index in [9.17, 15) is 14.7 Å². The Labute approximate surface area is 169 Å². The van der Waals surface area contributed by atoms with E-state index in [-0.39, 0.29) is 23.3 Å². The van der Waals surface area contributed by atoms with Gasteiger partial charge in [0, 0.05) is 12.0 Å². The molecule has 2 aromatic carbocycles. The van der Waals surface area contributed by atoms with Crippen LogP contribution in [0.25, 0.3) is 10.9 Å². The summed E-state index contributed by atoms with van der Waals surface area (Å²) in [5.41, 5.74) is 3.78. The molecule has 3 aromatic rings. The number of aromatic hydroxyl groups is 1. The molecule has 6 nitrogen and oxygen atoms in total. The zero-order valence-electron chi connectivity index (χ0n) is 16.8. The number of nitrogens with zero attached hydrogens (tertiary/aromatic N) is 1. The SMILES string of the molecule is CC(C)c1cc(C=O)c2[nH][n+](CC(C)C3Cc4ccc(O)c(C=O)c4O3)cc2c1. The predicted octanol–water partition coefficient (Wildman–Crippen LogP) is 3.55. The lowest BCUT2D eigenvalue weighted by Gasteiger charge is -2.16. The van der Waals surface area contributed by atoms with Crippen LogP contribution in [0.15, 0.2) is 30.5 Å². The van der Waals surface area contributed by atoms with Crippen LogP contribution in [0.5, 0.6) is 11.5 Å². The average molecular weight is 393 g/mol. The molecule has 2 heterocycles. The Morgan fingerprint density at radius 1 is 1.24 bits per heavy atom. The summed E-state index contributed by atoms with van der Waals surface area (Å²) in [6, 6.07) is 7.41. The highest BCUT2D eigenvalue weighted by Crippen LogP contribution is 2.38. The molecule has 1 aliphatic heterocycles. The molecule has 0 saturated heterocycles. The maximum absolute atomic E-state index is 11.6. The van der Waals surface area contributed by atoms with Crippen LogP contribution in [0.1, 0.15) is 58.5 Å². The van der Waals surface area contributed by atoms with Gasteiger partial charge in [0.1, 0.15) is 23.1 Å². The fourth-order valence-corrected chi connectivity index (χ4v) is 4.01. The molecular formula is C23H25N2O4+. The predicted molar refractivity (Wildman–Crippen MR) is 109 cm³/mol. The molecule has 1 aromatic heterocycles. The first-order chi connectivity index (χ1) is 13.9. The molecule has 6 heteroatoms. The van der Waals surface area contributed by atoms with Crippen molar-refractivity contribution in [1.82, 2.24) is 5.10 Å². The Bertz CT molecular complexity index is 1100. The van der Waals surface area contributed by atoms with Gasteiger partial charge in [0.2, 0.25) is 6.20 Å². The lowest BCUT2D eigenvalue weighted by Crippen LogP contribution is -2.42. The van der Waals surface area contributed by atoms with Crippen molar-refractivity contribution in [1.29, 1.82) is 0 Å². The number of carbonyl (C=O) groups is 2. The number of benzene rings is 2. The van der Waals surface area contributed by atoms with Gasteiger partial charge < -0.3 is 9.84 Å². The van der Waals surface area contributed by atoms with Crippen molar-refractivity contribution in [3.63, 3.8) is 0 Å². The van der Waals surface area contributed by atoms with Gasteiger partial charge in [0.25, 0.3) is 0 Å². The second kappa shape index (κ2) is 7.35. The molecular weight excluding hydrogens is 368 g/mol. The smallest absolute Gasteiger partial charge is 0.203 e. The van der Waals surface area contributed by atoms with E-state index in [2.05, 4.69) is 31.9 Å². The Morgan fingerprint density at radius 2 is 2.03 bits per heavy atom. The van der Waals surface area contributed by atoms with Gasteiger partial charge in [-0.15, -0.1) is 4.68 Å². The van der Waals surface area contributed by atoms with Gasteiger partial charge in [-0.05, 0) is 35.2 Å². The van der Waals surface area contributed by atoms with Crippen LogP contribution in [0, 0.1) is 5.92 Å². The summed E-state index contributed by atoms with van der Waals surface area (Å²) in [5.74, 6) is 0.920. The number of phenols is 1. The third-order valence-electron chi connectivity index (χ3n) is 5.75. The van der Waals surface area contributed by atoms with Crippen molar-refractivity contribution in [2.75, 3.05) is 0 Å². The van der Waals surface area contributed by atoms with Crippen LogP contribution in [-0.2, 0) is 13.0 Å². The quantitative estimate of drug-likeness (QED) is 0.496. The number of carbonyl (C=O) groups excluding carboxylic acids is 2. The van der Waals surface area contributed by atoms with Crippen molar-refractivity contribution in [2.45, 2.75) is 45.8 Å². The Morgan fingerprint density at radius 3 is 2.72 bits per heavy atom. The third-order valence-corrected chi connectivity index (χ3v) is 5.75. The number of fused-ring (bicyclic) bond motifs is 2. The number of hydrogen-bond donors (Lipinski definition) is 2. The largest absolute Gasteiger partial charge is 0.507 e. The normalized spacial score (nSPS) is 16.6. The molecule has 0 bridgehead atoms. The molecule has 2 N–H and O–H groups in total. The molecule has 0 aliphatic carbocycles. The molecule has 4 rings (SSSR count). The van der Waals surface area contributed by atoms with Crippen molar-refractivity contribution >= 4 is 23.5 Å². The van der Waals surface area contributed by atoms with Crippen LogP contribution >= 0.6 is 0 Å². The summed E-state index contributed by atoms with van der Waals surface area (Å²) < 4.78 is 8.02. The van der Waals surface area contributed by atoms with Crippen molar-refractivity contribution < 1.29 is 24.1 Å². The summed E-state index contributed by atoms with van der Waals surface area (Å²) in [5, 5.41) is 14.2. The Balaban J connectivity index is 1.57. The summed E-state index contributed by atoms with van der Waals surface area (Å²) >= 11 is 0. The van der Waals surface area contributed by atoms with E-state index in [4.69, 9.17) is 4.74 Å². The molecule has 0 saturated carbocycles. The highest BCUT2D eigenvalue weighted by Gasteiger charge is 2.33. The fourth-order valence-electron chi connectivity index (χ4n) is 4.01. The van der Waals surface area contributed by atoms with Crippen LogP contribution in [0.2, 0.25) is 0 Å². The number of aromatic amines is 1. The molecule has 2 atom stereocenters. The first-order valence-corrected chi connectivity index (χ1v) is 9.89. The van der Waals surface area contributed by atoms with Gasteiger partial charge in [-0.3, -0.25) is 9.59 Å². The number of nitrogens with one attached hydrogen (secondary N) is 1. The summed E-state index contributed by atoms with van der Waals surface area (Å²) in [7, 11) is 0. The highest BCUT2D eigenvalue weighted by molar-refractivity contribution is 5.95. The number of phenolic OH excluding ortho intramolecular Hbond substituents is 1. The number of aromatic nitrogens is 2. The van der Waals surface area contributed by atoms with Crippen LogP contribution in [0.4, 0.5) is 0 Å². The molecule has 1 aliphatic rings. The third kappa shape index (κ3) is 3.39. The van der Waals surface area contributed by atoms with Gasteiger partial charge in [-0.2, -0.15) is 5.10 Å². The van der Waals surface area contributed by atoms with Gasteiger partial charge in [-0.25, -0.2) is 0 Å². The van der Waals surface area contributed by atoms with E-state index >= 15 is 0 Å². The fraction of sp³-hybridized carbons (Fsp3) is 0.348. The van der Waals surface area contributed by atoms with Crippen molar-refractivity contribution in [3.8, 4) is 11.5 Å². The van der Waals surface area contributed by atoms with E-state index in [1.807, 2.05) is 23.0 Å².